The molecule has 6 heteroatoms. The van der Waals surface area contributed by atoms with Crippen LogP contribution in [0.2, 0.25) is 0 Å². The summed E-state index contributed by atoms with van der Waals surface area (Å²) in [6.45, 7) is 5.46. The summed E-state index contributed by atoms with van der Waals surface area (Å²) in [5.41, 5.74) is 12.1. The molecule has 112 valence electrons. The van der Waals surface area contributed by atoms with Crippen molar-refractivity contribution < 1.29 is 9.53 Å². The topological polar surface area (TPSA) is 94.5 Å². The van der Waals surface area contributed by atoms with Crippen LogP contribution < -0.4 is 16.4 Å². The first kappa shape index (κ1) is 16.2. The van der Waals surface area contributed by atoms with Gasteiger partial charge in [0, 0.05) is 19.7 Å². The van der Waals surface area contributed by atoms with Crippen LogP contribution in [0.1, 0.15) is 37.2 Å². The van der Waals surface area contributed by atoms with E-state index in [0.29, 0.717) is 30.7 Å². The van der Waals surface area contributed by atoms with Gasteiger partial charge in [-0.25, -0.2) is 4.98 Å². The second kappa shape index (κ2) is 7.69. The Morgan fingerprint density at radius 3 is 2.55 bits per heavy atom. The molecule has 1 rings (SSSR count). The largest absolute Gasteiger partial charge is 0.396 e. The van der Waals surface area contributed by atoms with Crippen LogP contribution in [0.15, 0.2) is 12.1 Å². The second-order valence-corrected chi connectivity index (χ2v) is 4.63. The number of aromatic nitrogens is 1. The monoisotopic (exact) mass is 280 g/mol. The lowest BCUT2D eigenvalue weighted by Gasteiger charge is -2.32. The zero-order valence-corrected chi connectivity index (χ0v) is 12.4. The van der Waals surface area contributed by atoms with Crippen molar-refractivity contribution >= 4 is 17.4 Å². The normalized spacial score (nSPS) is 10.8. The van der Waals surface area contributed by atoms with Crippen molar-refractivity contribution in [1.82, 2.24) is 4.98 Å². The maximum atomic E-state index is 11.3. The van der Waals surface area contributed by atoms with Gasteiger partial charge < -0.3 is 21.1 Å². The summed E-state index contributed by atoms with van der Waals surface area (Å²) in [5.74, 6) is 0.0505. The molecular weight excluding hydrogens is 256 g/mol. The van der Waals surface area contributed by atoms with Gasteiger partial charge in [-0.05, 0) is 25.0 Å². The van der Waals surface area contributed by atoms with E-state index in [1.807, 2.05) is 0 Å². The highest BCUT2D eigenvalue weighted by molar-refractivity contribution is 5.91. The number of nitrogens with two attached hydrogens (primary N) is 2. The van der Waals surface area contributed by atoms with E-state index in [0.717, 1.165) is 12.8 Å². The molecule has 0 saturated heterocycles. The van der Waals surface area contributed by atoms with Gasteiger partial charge in [0.25, 0.3) is 5.91 Å². The van der Waals surface area contributed by atoms with Crippen LogP contribution >= 0.6 is 0 Å². The van der Waals surface area contributed by atoms with E-state index in [2.05, 4.69) is 23.7 Å². The van der Waals surface area contributed by atoms with Crippen molar-refractivity contribution in [3.8, 4) is 0 Å². The molecule has 0 aromatic carbocycles. The average molecular weight is 280 g/mol. The molecule has 0 fully saturated rings. The van der Waals surface area contributed by atoms with Crippen molar-refractivity contribution in [2.24, 2.45) is 5.73 Å². The van der Waals surface area contributed by atoms with E-state index in [1.165, 1.54) is 0 Å². The number of anilines is 2. The molecule has 1 aromatic heterocycles. The summed E-state index contributed by atoms with van der Waals surface area (Å²) in [7, 11) is 1.65. The second-order valence-electron chi connectivity index (χ2n) is 4.63. The maximum Gasteiger partial charge on any atom is 0.267 e. The van der Waals surface area contributed by atoms with Crippen molar-refractivity contribution in [2.45, 2.75) is 32.7 Å². The average Bonchev–Trinajstić information content (AvgIpc) is 2.44. The highest BCUT2D eigenvalue weighted by atomic mass is 16.5. The lowest BCUT2D eigenvalue weighted by atomic mass is 10.1. The first-order chi connectivity index (χ1) is 9.54. The molecule has 0 bridgehead atoms. The summed E-state index contributed by atoms with van der Waals surface area (Å²) in [4.78, 5) is 17.7. The molecule has 1 amide bonds. The number of hydrogen-bond acceptors (Lipinski definition) is 5. The smallest absolute Gasteiger partial charge is 0.267 e. The first-order valence-electron chi connectivity index (χ1n) is 6.87. The third kappa shape index (κ3) is 3.84. The zero-order valence-electron chi connectivity index (χ0n) is 12.4. The van der Waals surface area contributed by atoms with Crippen LogP contribution in [-0.4, -0.2) is 37.2 Å². The summed E-state index contributed by atoms with van der Waals surface area (Å²) < 4.78 is 5.15. The number of nitrogen functional groups attached to an aromatic ring is 1. The quantitative estimate of drug-likeness (QED) is 0.750. The van der Waals surface area contributed by atoms with E-state index in [1.54, 1.807) is 19.2 Å². The molecule has 0 aliphatic rings. The zero-order chi connectivity index (χ0) is 15.1. The van der Waals surface area contributed by atoms with E-state index in [4.69, 9.17) is 16.2 Å². The molecule has 0 unspecified atom stereocenters. The van der Waals surface area contributed by atoms with E-state index >= 15 is 0 Å². The van der Waals surface area contributed by atoms with Gasteiger partial charge in [-0.3, -0.25) is 4.79 Å². The van der Waals surface area contributed by atoms with Crippen molar-refractivity contribution in [1.29, 1.82) is 0 Å². The number of hydrogen-bond donors (Lipinski definition) is 2. The number of primary amides is 1. The van der Waals surface area contributed by atoms with Crippen molar-refractivity contribution in [2.75, 3.05) is 30.9 Å². The Morgan fingerprint density at radius 2 is 2.05 bits per heavy atom. The number of rotatable bonds is 8. The molecule has 0 spiro atoms. The van der Waals surface area contributed by atoms with Crippen LogP contribution in [0.4, 0.5) is 11.5 Å². The maximum absolute atomic E-state index is 11.3. The Kier molecular flexibility index (Phi) is 6.24. The molecule has 4 N–H and O–H groups in total. The van der Waals surface area contributed by atoms with Gasteiger partial charge in [0.2, 0.25) is 0 Å². The fourth-order valence-corrected chi connectivity index (χ4v) is 2.21. The Hall–Kier alpha value is -1.82. The predicted octanol–water partition coefficient (Wildman–Crippen LogP) is 1.40. The van der Waals surface area contributed by atoms with Gasteiger partial charge in [-0.1, -0.05) is 13.8 Å². The minimum Gasteiger partial charge on any atom is -0.396 e. The molecule has 0 saturated carbocycles. The minimum absolute atomic E-state index is 0.225. The van der Waals surface area contributed by atoms with Crippen LogP contribution in [-0.2, 0) is 4.74 Å². The summed E-state index contributed by atoms with van der Waals surface area (Å²) in [6, 6.07) is 3.51. The number of methoxy groups -OCH3 is 1. The number of pyridine rings is 1. The Balaban J connectivity index is 3.17. The molecular formula is C14H24N4O2. The highest BCUT2D eigenvalue weighted by Crippen LogP contribution is 2.25. The molecule has 1 heterocycles. The van der Waals surface area contributed by atoms with E-state index < -0.39 is 5.91 Å². The highest BCUT2D eigenvalue weighted by Gasteiger charge is 2.20. The molecule has 0 atom stereocenters. The van der Waals surface area contributed by atoms with Crippen LogP contribution in [0.25, 0.3) is 0 Å². The van der Waals surface area contributed by atoms with Gasteiger partial charge in [0.15, 0.2) is 5.82 Å². The number of carbonyl (C=O) groups is 1. The fraction of sp³-hybridized carbons (Fsp3) is 0.571. The van der Waals surface area contributed by atoms with Gasteiger partial charge in [-0.2, -0.15) is 0 Å². The Bertz CT molecular complexity index is 447. The first-order valence-corrected chi connectivity index (χ1v) is 6.87. The van der Waals surface area contributed by atoms with Gasteiger partial charge in [0.1, 0.15) is 5.69 Å². The minimum atomic E-state index is -0.553. The van der Waals surface area contributed by atoms with Crippen LogP contribution in [0, 0.1) is 0 Å². The van der Waals surface area contributed by atoms with Gasteiger partial charge in [0.05, 0.1) is 12.3 Å². The third-order valence-electron chi connectivity index (χ3n) is 3.35. The van der Waals surface area contributed by atoms with Crippen LogP contribution in [0.5, 0.6) is 0 Å². The number of ether oxygens (including phenoxy) is 1. The SMILES string of the molecule is CCC(CC)N(CCOC)c1nc(C(N)=O)ccc1N. The lowest BCUT2D eigenvalue weighted by molar-refractivity contribution is 0.0995. The summed E-state index contributed by atoms with van der Waals surface area (Å²) >= 11 is 0. The number of amides is 1. The summed E-state index contributed by atoms with van der Waals surface area (Å²) in [6.07, 6.45) is 1.92. The van der Waals surface area contributed by atoms with E-state index in [9.17, 15) is 4.79 Å². The molecule has 0 aliphatic carbocycles. The predicted molar refractivity (Wildman–Crippen MR) is 80.8 cm³/mol. The van der Waals surface area contributed by atoms with Gasteiger partial charge >= 0.3 is 0 Å². The van der Waals surface area contributed by atoms with Crippen LogP contribution in [0.3, 0.4) is 0 Å². The fourth-order valence-electron chi connectivity index (χ4n) is 2.21. The standard InChI is InChI=1S/C14H24N4O2/c1-4-10(5-2)18(8-9-20-3)14-11(15)6-7-12(17-14)13(16)19/h6-7,10H,4-5,8-9,15H2,1-3H3,(H2,16,19). The molecule has 0 aliphatic heterocycles. The molecule has 1 aromatic rings. The Morgan fingerprint density at radius 1 is 1.40 bits per heavy atom. The number of carbonyl (C=O) groups excluding carboxylic acids is 1. The molecule has 20 heavy (non-hydrogen) atoms. The van der Waals surface area contributed by atoms with Crippen molar-refractivity contribution in [3.63, 3.8) is 0 Å². The lowest BCUT2D eigenvalue weighted by Crippen LogP contribution is -2.38. The van der Waals surface area contributed by atoms with E-state index in [-0.39, 0.29) is 5.69 Å². The molecule has 0 radical (unpaired) electrons. The number of nitrogens with zero attached hydrogens (tertiary/aromatic N) is 2. The third-order valence-corrected chi connectivity index (χ3v) is 3.35. The van der Waals surface area contributed by atoms with Crippen molar-refractivity contribution in [3.05, 3.63) is 17.8 Å². The molecule has 6 nitrogen and oxygen atoms in total. The Labute approximate surface area is 120 Å². The summed E-state index contributed by atoms with van der Waals surface area (Å²) in [5, 5.41) is 0. The van der Waals surface area contributed by atoms with Gasteiger partial charge in [-0.15, -0.1) is 0 Å².